The van der Waals surface area contributed by atoms with Crippen molar-refractivity contribution in [3.05, 3.63) is 21.9 Å². The van der Waals surface area contributed by atoms with Gasteiger partial charge in [0, 0.05) is 24.0 Å². The van der Waals surface area contributed by atoms with E-state index in [0.717, 1.165) is 37.2 Å². The summed E-state index contributed by atoms with van der Waals surface area (Å²) in [5.41, 5.74) is 5.83. The van der Waals surface area contributed by atoms with Crippen molar-refractivity contribution >= 4 is 17.2 Å². The molecule has 0 bridgehead atoms. The second-order valence-electron chi connectivity index (χ2n) is 4.25. The first-order chi connectivity index (χ1) is 7.70. The van der Waals surface area contributed by atoms with Crippen molar-refractivity contribution < 1.29 is 4.79 Å². The normalized spacial score (nSPS) is 17.8. The van der Waals surface area contributed by atoms with Gasteiger partial charge in [0.15, 0.2) is 0 Å². The molecular weight excluding hydrogens is 220 g/mol. The number of piperidine rings is 1. The van der Waals surface area contributed by atoms with E-state index in [0.29, 0.717) is 0 Å². The summed E-state index contributed by atoms with van der Waals surface area (Å²) in [5.74, 6) is 0.177. The molecule has 4 heteroatoms. The predicted molar refractivity (Wildman–Crippen MR) is 66.8 cm³/mol. The summed E-state index contributed by atoms with van der Waals surface area (Å²) in [6.07, 6.45) is 2.86. The minimum Gasteiger partial charge on any atom is -0.338 e. The first kappa shape index (κ1) is 11.6. The van der Waals surface area contributed by atoms with Gasteiger partial charge in [-0.3, -0.25) is 4.79 Å². The lowest BCUT2D eigenvalue weighted by Gasteiger charge is -2.29. The van der Waals surface area contributed by atoms with Gasteiger partial charge in [-0.25, -0.2) is 0 Å². The third-order valence-corrected chi connectivity index (χ3v) is 4.27. The number of carbonyl (C=O) groups is 1. The zero-order valence-electron chi connectivity index (χ0n) is 9.61. The van der Waals surface area contributed by atoms with Crippen LogP contribution in [0.15, 0.2) is 12.1 Å². The highest BCUT2D eigenvalue weighted by molar-refractivity contribution is 7.14. The fraction of sp³-hybridized carbons (Fsp3) is 0.583. The number of hydrogen-bond donors (Lipinski definition) is 1. The van der Waals surface area contributed by atoms with Crippen LogP contribution in [0.4, 0.5) is 0 Å². The van der Waals surface area contributed by atoms with Crippen molar-refractivity contribution in [2.24, 2.45) is 5.73 Å². The Hall–Kier alpha value is -0.870. The average molecular weight is 238 g/mol. The van der Waals surface area contributed by atoms with E-state index in [1.165, 1.54) is 4.88 Å². The molecule has 0 spiro atoms. The minimum absolute atomic E-state index is 0.177. The van der Waals surface area contributed by atoms with Crippen molar-refractivity contribution in [3.8, 4) is 0 Å². The third kappa shape index (κ3) is 2.44. The highest BCUT2D eigenvalue weighted by Gasteiger charge is 2.22. The second kappa shape index (κ2) is 4.97. The smallest absolute Gasteiger partial charge is 0.263 e. The van der Waals surface area contributed by atoms with E-state index < -0.39 is 0 Å². The quantitative estimate of drug-likeness (QED) is 0.855. The molecule has 0 radical (unpaired) electrons. The highest BCUT2D eigenvalue weighted by atomic mass is 32.1. The second-order valence-corrected chi connectivity index (χ2v) is 5.42. The standard InChI is InChI=1S/C12H18N2OS/c1-2-10-3-4-11(16-10)12(15)14-7-5-9(13)6-8-14/h3-4,9H,2,5-8,13H2,1H3. The van der Waals surface area contributed by atoms with Gasteiger partial charge in [-0.1, -0.05) is 6.92 Å². The van der Waals surface area contributed by atoms with Gasteiger partial charge in [-0.2, -0.15) is 0 Å². The van der Waals surface area contributed by atoms with E-state index >= 15 is 0 Å². The summed E-state index contributed by atoms with van der Waals surface area (Å²) in [6.45, 7) is 3.72. The van der Waals surface area contributed by atoms with Crippen molar-refractivity contribution in [1.82, 2.24) is 4.90 Å². The van der Waals surface area contributed by atoms with Gasteiger partial charge in [0.25, 0.3) is 5.91 Å². The zero-order chi connectivity index (χ0) is 11.5. The molecule has 2 heterocycles. The fourth-order valence-electron chi connectivity index (χ4n) is 1.94. The molecule has 16 heavy (non-hydrogen) atoms. The lowest BCUT2D eigenvalue weighted by molar-refractivity contribution is 0.0719. The summed E-state index contributed by atoms with van der Waals surface area (Å²) in [7, 11) is 0. The molecule has 2 rings (SSSR count). The largest absolute Gasteiger partial charge is 0.338 e. The number of hydrogen-bond acceptors (Lipinski definition) is 3. The molecule has 1 saturated heterocycles. The SMILES string of the molecule is CCc1ccc(C(=O)N2CCC(N)CC2)s1. The topological polar surface area (TPSA) is 46.3 Å². The summed E-state index contributed by atoms with van der Waals surface area (Å²) in [5, 5.41) is 0. The number of nitrogens with zero attached hydrogens (tertiary/aromatic N) is 1. The molecule has 0 saturated carbocycles. The van der Waals surface area contributed by atoms with Crippen LogP contribution in [0.5, 0.6) is 0 Å². The van der Waals surface area contributed by atoms with Crippen molar-refractivity contribution in [2.45, 2.75) is 32.2 Å². The van der Waals surface area contributed by atoms with Gasteiger partial charge >= 0.3 is 0 Å². The Kier molecular flexibility index (Phi) is 3.61. The molecule has 1 aromatic heterocycles. The van der Waals surface area contributed by atoms with E-state index in [1.807, 2.05) is 17.0 Å². The number of nitrogens with two attached hydrogens (primary N) is 1. The molecule has 1 amide bonds. The lowest BCUT2D eigenvalue weighted by atomic mass is 10.1. The van der Waals surface area contributed by atoms with Crippen LogP contribution in [0.3, 0.4) is 0 Å². The van der Waals surface area contributed by atoms with Crippen LogP contribution < -0.4 is 5.73 Å². The molecule has 1 fully saturated rings. The molecule has 1 aliphatic heterocycles. The van der Waals surface area contributed by atoms with Crippen LogP contribution in [-0.2, 0) is 6.42 Å². The number of amides is 1. The van der Waals surface area contributed by atoms with Crippen LogP contribution in [0.1, 0.15) is 34.3 Å². The van der Waals surface area contributed by atoms with Crippen LogP contribution >= 0.6 is 11.3 Å². The number of likely N-dealkylation sites (tertiary alicyclic amines) is 1. The maximum atomic E-state index is 12.1. The Morgan fingerprint density at radius 3 is 2.75 bits per heavy atom. The number of thiophene rings is 1. The summed E-state index contributed by atoms with van der Waals surface area (Å²) >= 11 is 1.61. The van der Waals surface area contributed by atoms with E-state index in [4.69, 9.17) is 5.73 Å². The number of carbonyl (C=O) groups excluding carboxylic acids is 1. The van der Waals surface area contributed by atoms with Gasteiger partial charge in [-0.15, -0.1) is 11.3 Å². The molecule has 3 nitrogen and oxygen atoms in total. The van der Waals surface area contributed by atoms with Crippen LogP contribution in [-0.4, -0.2) is 29.9 Å². The molecule has 88 valence electrons. The van der Waals surface area contributed by atoms with Gasteiger partial charge < -0.3 is 10.6 Å². The molecular formula is C12H18N2OS. The van der Waals surface area contributed by atoms with Crippen LogP contribution in [0.25, 0.3) is 0 Å². The Labute approximate surface area is 100 Å². The molecule has 0 aromatic carbocycles. The Balaban J connectivity index is 2.01. The van der Waals surface area contributed by atoms with Gasteiger partial charge in [0.1, 0.15) is 0 Å². The van der Waals surface area contributed by atoms with Crippen molar-refractivity contribution in [1.29, 1.82) is 0 Å². The number of rotatable bonds is 2. The maximum Gasteiger partial charge on any atom is 0.263 e. The van der Waals surface area contributed by atoms with Crippen LogP contribution in [0.2, 0.25) is 0 Å². The molecule has 2 N–H and O–H groups in total. The highest BCUT2D eigenvalue weighted by Crippen LogP contribution is 2.20. The van der Waals surface area contributed by atoms with E-state index in [-0.39, 0.29) is 11.9 Å². The van der Waals surface area contributed by atoms with Gasteiger partial charge in [-0.05, 0) is 31.4 Å². The van der Waals surface area contributed by atoms with Crippen molar-refractivity contribution in [2.75, 3.05) is 13.1 Å². The zero-order valence-corrected chi connectivity index (χ0v) is 10.4. The summed E-state index contributed by atoms with van der Waals surface area (Å²) in [4.78, 5) is 16.2. The fourth-order valence-corrected chi connectivity index (χ4v) is 2.86. The molecule has 1 aromatic rings. The van der Waals surface area contributed by atoms with Crippen LogP contribution in [0, 0.1) is 0 Å². The summed E-state index contributed by atoms with van der Waals surface area (Å²) in [6, 6.07) is 4.27. The molecule has 0 aliphatic carbocycles. The molecule has 1 aliphatic rings. The van der Waals surface area contributed by atoms with Crippen molar-refractivity contribution in [3.63, 3.8) is 0 Å². The minimum atomic E-state index is 0.177. The monoisotopic (exact) mass is 238 g/mol. The van der Waals surface area contributed by atoms with E-state index in [2.05, 4.69) is 6.92 Å². The molecule has 0 atom stereocenters. The van der Waals surface area contributed by atoms with Gasteiger partial charge in [0.05, 0.1) is 4.88 Å². The average Bonchev–Trinajstić information content (AvgIpc) is 2.77. The first-order valence-corrected chi connectivity index (χ1v) is 6.66. The lowest BCUT2D eigenvalue weighted by Crippen LogP contribution is -2.42. The van der Waals surface area contributed by atoms with E-state index in [1.54, 1.807) is 11.3 Å². The molecule has 0 unspecified atom stereocenters. The Morgan fingerprint density at radius 1 is 1.50 bits per heavy atom. The Bertz CT molecular complexity index is 367. The van der Waals surface area contributed by atoms with E-state index in [9.17, 15) is 4.79 Å². The maximum absolute atomic E-state index is 12.1. The summed E-state index contributed by atoms with van der Waals surface area (Å²) < 4.78 is 0. The van der Waals surface area contributed by atoms with Gasteiger partial charge in [0.2, 0.25) is 0 Å². The first-order valence-electron chi connectivity index (χ1n) is 5.84. The third-order valence-electron chi connectivity index (χ3n) is 3.05. The Morgan fingerprint density at radius 2 is 2.19 bits per heavy atom. The number of aryl methyl sites for hydroxylation is 1. The predicted octanol–water partition coefficient (Wildman–Crippen LogP) is 1.87.